The number of benzene rings is 1. The number of hydrogen-bond donors (Lipinski definition) is 2. The number of carbonyl (C=O) groups excluding carboxylic acids is 1. The van der Waals surface area contributed by atoms with Crippen molar-refractivity contribution in [3.8, 4) is 11.5 Å². The van der Waals surface area contributed by atoms with Crippen molar-refractivity contribution >= 4 is 50.9 Å². The molecule has 1 amide bonds. The van der Waals surface area contributed by atoms with E-state index in [0.717, 1.165) is 23.3 Å². The summed E-state index contributed by atoms with van der Waals surface area (Å²) in [5, 5.41) is 25.5. The average molecular weight is 664 g/mol. The van der Waals surface area contributed by atoms with Crippen LogP contribution >= 0.6 is 12.0 Å². The lowest BCUT2D eigenvalue weighted by atomic mass is 10.1. The molecule has 0 unspecified atom stereocenters. The molecule has 0 saturated carbocycles. The Kier molecular flexibility index (Phi) is 10.8. The van der Waals surface area contributed by atoms with Gasteiger partial charge in [-0.3, -0.25) is 14.0 Å². The minimum Gasteiger partial charge on any atom is -0.369 e. The van der Waals surface area contributed by atoms with E-state index in [1.54, 1.807) is 26.6 Å². The molecular weight excluding hydrogens is 626 g/mol. The second-order valence-electron chi connectivity index (χ2n) is 11.0. The fourth-order valence-corrected chi connectivity index (χ4v) is 5.72. The Balaban J connectivity index is 1.74. The van der Waals surface area contributed by atoms with Crippen LogP contribution in [0.1, 0.15) is 44.8 Å². The van der Waals surface area contributed by atoms with E-state index >= 15 is 0 Å². The molecule has 3 aromatic rings. The summed E-state index contributed by atoms with van der Waals surface area (Å²) in [6.45, 7) is 11.8. The van der Waals surface area contributed by atoms with Crippen molar-refractivity contribution in [3.05, 3.63) is 41.3 Å². The number of fused-ring (bicyclic) bond motifs is 1. The second-order valence-corrected chi connectivity index (χ2v) is 13.3. The minimum atomic E-state index is -4.21. The lowest BCUT2D eigenvalue weighted by Crippen LogP contribution is -2.47. The Bertz CT molecular complexity index is 1690. The normalized spacial score (nSPS) is 14.0. The summed E-state index contributed by atoms with van der Waals surface area (Å²) in [7, 11) is -2.39. The van der Waals surface area contributed by atoms with Crippen molar-refractivity contribution in [2.24, 2.45) is 17.1 Å². The van der Waals surface area contributed by atoms with Gasteiger partial charge in [-0.05, 0) is 71.4 Å². The molecule has 244 valence electrons. The summed E-state index contributed by atoms with van der Waals surface area (Å²) in [6, 6.07) is 6.96. The number of hydrogen-bond acceptors (Lipinski definition) is 13. The SMILES string of the molecule is Cc1cc(N(CCSOOO)CCS(=O)(=O)O)ccc1N=C1C(C(=O)N(C(C)C)C(C)C)=Nn2nc(-c3cc(C)n(C)n3)nc21. The molecule has 0 aliphatic carbocycles. The van der Waals surface area contributed by atoms with Gasteiger partial charge in [0.1, 0.15) is 11.4 Å². The Morgan fingerprint density at radius 1 is 1.11 bits per heavy atom. The third-order valence-electron chi connectivity index (χ3n) is 7.03. The maximum atomic E-state index is 13.8. The molecule has 1 aromatic carbocycles. The molecule has 0 radical (unpaired) electrons. The van der Waals surface area contributed by atoms with Gasteiger partial charge in [-0.15, -0.1) is 19.3 Å². The van der Waals surface area contributed by atoms with E-state index in [-0.39, 0.29) is 36.0 Å². The van der Waals surface area contributed by atoms with Gasteiger partial charge in [0, 0.05) is 61.4 Å². The van der Waals surface area contributed by atoms with E-state index in [1.807, 2.05) is 60.7 Å². The molecule has 45 heavy (non-hydrogen) atoms. The molecule has 0 bridgehead atoms. The highest BCUT2D eigenvalue weighted by molar-refractivity contribution is 7.94. The molecular formula is C27H37N9O7S2. The maximum absolute atomic E-state index is 13.8. The zero-order valence-electron chi connectivity index (χ0n) is 26.1. The van der Waals surface area contributed by atoms with E-state index in [9.17, 15) is 17.8 Å². The molecule has 1 aliphatic rings. The van der Waals surface area contributed by atoms with Crippen LogP contribution in [0.3, 0.4) is 0 Å². The van der Waals surface area contributed by atoms with Gasteiger partial charge < -0.3 is 9.80 Å². The zero-order chi connectivity index (χ0) is 33.1. The Labute approximate surface area is 265 Å². The molecule has 0 atom stereocenters. The Hall–Kier alpha value is -3.68. The van der Waals surface area contributed by atoms with Gasteiger partial charge in [0.15, 0.2) is 5.71 Å². The van der Waals surface area contributed by atoms with E-state index < -0.39 is 15.9 Å². The molecule has 4 rings (SSSR count). The van der Waals surface area contributed by atoms with Gasteiger partial charge >= 0.3 is 0 Å². The van der Waals surface area contributed by atoms with Crippen molar-refractivity contribution < 1.29 is 32.4 Å². The Morgan fingerprint density at radius 3 is 2.40 bits per heavy atom. The fraction of sp³-hybridized carbons (Fsp3) is 0.481. The van der Waals surface area contributed by atoms with E-state index in [2.05, 4.69) is 29.7 Å². The van der Waals surface area contributed by atoms with Gasteiger partial charge in [-0.1, -0.05) is 5.04 Å². The molecule has 3 heterocycles. The monoisotopic (exact) mass is 663 g/mol. The van der Waals surface area contributed by atoms with Crippen molar-refractivity contribution in [1.82, 2.24) is 29.6 Å². The minimum absolute atomic E-state index is 0.00287. The topological polar surface area (TPSA) is 190 Å². The van der Waals surface area contributed by atoms with Crippen molar-refractivity contribution in [1.29, 1.82) is 0 Å². The van der Waals surface area contributed by atoms with E-state index in [0.29, 0.717) is 41.0 Å². The Morgan fingerprint density at radius 2 is 1.82 bits per heavy atom. The maximum Gasteiger partial charge on any atom is 0.277 e. The summed E-state index contributed by atoms with van der Waals surface area (Å²) in [5.74, 6) is 0.156. The van der Waals surface area contributed by atoms with Crippen LogP contribution < -0.4 is 4.90 Å². The predicted molar refractivity (Wildman–Crippen MR) is 170 cm³/mol. The molecule has 0 spiro atoms. The quantitative estimate of drug-likeness (QED) is 0.0844. The van der Waals surface area contributed by atoms with Crippen LogP contribution in [0.4, 0.5) is 11.4 Å². The molecule has 0 fully saturated rings. The highest BCUT2D eigenvalue weighted by atomic mass is 32.2. The summed E-state index contributed by atoms with van der Waals surface area (Å²) < 4.78 is 38.4. The smallest absolute Gasteiger partial charge is 0.277 e. The molecule has 0 saturated heterocycles. The standard InChI is InChI=1S/C27H37N9O7S2/c1-16(2)35(17(3)4)27(37)24-23(26-29-25(32-36(26)31-24)22-15-19(6)33(7)30-22)28-21-9-8-20(14-18(21)5)34(10-12-44-43-42-38)11-13-45(39,40)41/h8-9,14-17,38H,10-13H2,1-7H3,(H,39,40,41). The first-order valence-electron chi connectivity index (χ1n) is 14.1. The first kappa shape index (κ1) is 34.2. The number of nitrogens with zero attached hydrogens (tertiary/aromatic N) is 9. The summed E-state index contributed by atoms with van der Waals surface area (Å²) >= 11 is 0.825. The van der Waals surface area contributed by atoms with Crippen LogP contribution in [-0.2, 0) is 31.3 Å². The van der Waals surface area contributed by atoms with Gasteiger partial charge in [0.05, 0.1) is 11.4 Å². The lowest BCUT2D eigenvalue weighted by Gasteiger charge is -2.30. The second kappa shape index (κ2) is 14.2. The number of aliphatic imine (C=N–C) groups is 1. The number of aryl methyl sites for hydroxylation is 3. The number of amides is 1. The summed E-state index contributed by atoms with van der Waals surface area (Å²) in [4.78, 5) is 28.1. The van der Waals surface area contributed by atoms with Gasteiger partial charge in [-0.2, -0.15) is 13.5 Å². The third kappa shape index (κ3) is 8.13. The van der Waals surface area contributed by atoms with Gasteiger partial charge in [0.2, 0.25) is 11.6 Å². The number of rotatable bonds is 14. The van der Waals surface area contributed by atoms with Crippen molar-refractivity contribution in [2.45, 2.75) is 53.6 Å². The van der Waals surface area contributed by atoms with Crippen LogP contribution in [0.25, 0.3) is 11.5 Å². The van der Waals surface area contributed by atoms with Gasteiger partial charge in [-0.25, -0.2) is 15.2 Å². The third-order valence-corrected chi connectivity index (χ3v) is 8.24. The molecule has 2 N–H and O–H groups in total. The highest BCUT2D eigenvalue weighted by Crippen LogP contribution is 2.28. The van der Waals surface area contributed by atoms with Crippen molar-refractivity contribution in [3.63, 3.8) is 0 Å². The van der Waals surface area contributed by atoms with Crippen LogP contribution in [0.5, 0.6) is 0 Å². The molecule has 2 aromatic heterocycles. The zero-order valence-corrected chi connectivity index (χ0v) is 27.7. The van der Waals surface area contributed by atoms with Crippen LogP contribution in [-0.4, -0.2) is 102 Å². The largest absolute Gasteiger partial charge is 0.369 e. The average Bonchev–Trinajstić information content (AvgIpc) is 3.61. The van der Waals surface area contributed by atoms with E-state index in [4.69, 9.17) is 10.2 Å². The first-order chi connectivity index (χ1) is 21.2. The lowest BCUT2D eigenvalue weighted by molar-refractivity contribution is -0.432. The summed E-state index contributed by atoms with van der Waals surface area (Å²) in [6.07, 6.45) is 0. The van der Waals surface area contributed by atoms with Crippen LogP contribution in [0.15, 0.2) is 34.4 Å². The van der Waals surface area contributed by atoms with Gasteiger partial charge in [0.25, 0.3) is 16.0 Å². The first-order valence-corrected chi connectivity index (χ1v) is 16.6. The fourth-order valence-electron chi connectivity index (χ4n) is 4.86. The number of anilines is 1. The molecule has 1 aliphatic heterocycles. The number of aromatic nitrogens is 5. The predicted octanol–water partition coefficient (Wildman–Crippen LogP) is 3.04. The van der Waals surface area contributed by atoms with E-state index in [1.165, 1.54) is 4.79 Å². The summed E-state index contributed by atoms with van der Waals surface area (Å²) in [5.41, 5.74) is 3.75. The van der Waals surface area contributed by atoms with Crippen LogP contribution in [0.2, 0.25) is 0 Å². The highest BCUT2D eigenvalue weighted by Gasteiger charge is 2.36. The van der Waals surface area contributed by atoms with Crippen molar-refractivity contribution in [2.75, 3.05) is 29.5 Å². The number of carbonyl (C=O) groups is 1. The van der Waals surface area contributed by atoms with Crippen LogP contribution in [0, 0.1) is 13.8 Å². The molecule has 18 heteroatoms. The molecule has 16 nitrogen and oxygen atoms in total.